The summed E-state index contributed by atoms with van der Waals surface area (Å²) in [5, 5.41) is 15.0. The van der Waals surface area contributed by atoms with Crippen molar-refractivity contribution in [2.24, 2.45) is 0 Å². The van der Waals surface area contributed by atoms with Crippen LogP contribution in [0.1, 0.15) is 33.4 Å². The van der Waals surface area contributed by atoms with E-state index in [1.165, 1.54) is 40.6 Å². The topological polar surface area (TPSA) is 80.8 Å². The molecule has 1 aromatic carbocycles. The van der Waals surface area contributed by atoms with Crippen molar-refractivity contribution >= 4 is 23.4 Å². The van der Waals surface area contributed by atoms with Gasteiger partial charge in [0, 0.05) is 23.2 Å². The summed E-state index contributed by atoms with van der Waals surface area (Å²) in [5.41, 5.74) is 0.406. The van der Waals surface area contributed by atoms with Gasteiger partial charge in [-0.2, -0.15) is 23.5 Å². The van der Waals surface area contributed by atoms with Crippen LogP contribution in [0.3, 0.4) is 0 Å². The number of hydrogen-bond acceptors (Lipinski definition) is 6. The Morgan fingerprint density at radius 2 is 2.17 bits per heavy atom. The summed E-state index contributed by atoms with van der Waals surface area (Å²) in [5.74, 6) is -0.481. The summed E-state index contributed by atoms with van der Waals surface area (Å²) in [4.78, 5) is 16.1. The van der Waals surface area contributed by atoms with Gasteiger partial charge in [0.05, 0.1) is 42.2 Å². The predicted octanol–water partition coefficient (Wildman–Crippen LogP) is 4.79. The summed E-state index contributed by atoms with van der Waals surface area (Å²) >= 11 is 1.26. The number of thiazole rings is 1. The van der Waals surface area contributed by atoms with E-state index < -0.39 is 17.7 Å². The highest BCUT2D eigenvalue weighted by atomic mass is 32.1. The first-order valence-corrected chi connectivity index (χ1v) is 9.61. The third-order valence-corrected chi connectivity index (χ3v) is 4.76. The minimum atomic E-state index is -4.53. The Kier molecular flexibility index (Phi) is 6.32. The minimum Gasteiger partial charge on any atom is -0.462 e. The third-order valence-electron chi connectivity index (χ3n) is 3.92. The molecule has 0 unspecified atom stereocenters. The molecule has 0 atom stereocenters. The molecule has 3 aromatic rings. The zero-order valence-corrected chi connectivity index (χ0v) is 16.5. The van der Waals surface area contributed by atoms with Crippen LogP contribution in [0.25, 0.3) is 17.3 Å². The molecule has 2 aromatic heterocycles. The molecule has 0 spiro atoms. The van der Waals surface area contributed by atoms with Crippen molar-refractivity contribution in [3.63, 3.8) is 0 Å². The predicted molar refractivity (Wildman–Crippen MR) is 104 cm³/mol. The quantitative estimate of drug-likeness (QED) is 0.413. The molecule has 30 heavy (non-hydrogen) atoms. The van der Waals surface area contributed by atoms with E-state index >= 15 is 0 Å². The van der Waals surface area contributed by atoms with E-state index in [-0.39, 0.29) is 24.3 Å². The highest BCUT2D eigenvalue weighted by Crippen LogP contribution is 2.34. The van der Waals surface area contributed by atoms with Crippen molar-refractivity contribution in [3.05, 3.63) is 63.7 Å². The number of esters is 1. The molecule has 0 fully saturated rings. The first kappa shape index (κ1) is 21.3. The molecule has 0 amide bonds. The number of hydrogen-bond donors (Lipinski definition) is 0. The molecule has 0 radical (unpaired) electrons. The fourth-order valence-corrected chi connectivity index (χ4v) is 3.41. The molecule has 0 bridgehead atoms. The van der Waals surface area contributed by atoms with Crippen LogP contribution in [0.4, 0.5) is 13.2 Å². The first-order chi connectivity index (χ1) is 14.3. The van der Waals surface area contributed by atoms with Crippen LogP contribution in [0, 0.1) is 11.3 Å². The molecule has 0 N–H and O–H groups in total. The number of rotatable bonds is 6. The molecule has 10 heteroatoms. The largest absolute Gasteiger partial charge is 0.462 e. The number of nitrogens with zero attached hydrogens (tertiary/aromatic N) is 4. The van der Waals surface area contributed by atoms with Gasteiger partial charge in [-0.15, -0.1) is 11.3 Å². The van der Waals surface area contributed by atoms with Crippen molar-refractivity contribution in [2.75, 3.05) is 6.61 Å². The zero-order chi connectivity index (χ0) is 21.7. The Balaban J connectivity index is 1.86. The van der Waals surface area contributed by atoms with E-state index in [9.17, 15) is 18.0 Å². The summed E-state index contributed by atoms with van der Waals surface area (Å²) < 4.78 is 46.1. The maximum absolute atomic E-state index is 13.2. The number of carbonyl (C=O) groups is 1. The number of nitriles is 1. The van der Waals surface area contributed by atoms with Crippen LogP contribution in [-0.2, 0) is 17.5 Å². The highest BCUT2D eigenvalue weighted by Gasteiger charge is 2.31. The SMILES string of the molecule is CCOC(=O)c1cnn(Cc2nc(-c3cc(/C=C/C#N)cc(C(F)(F)F)c3)cs2)c1. The molecule has 2 heterocycles. The Labute approximate surface area is 173 Å². The maximum Gasteiger partial charge on any atom is 0.416 e. The van der Waals surface area contributed by atoms with Gasteiger partial charge in [-0.25, -0.2) is 9.78 Å². The molecule has 0 saturated heterocycles. The lowest BCUT2D eigenvalue weighted by Crippen LogP contribution is -2.05. The maximum atomic E-state index is 13.2. The van der Waals surface area contributed by atoms with Gasteiger partial charge >= 0.3 is 12.1 Å². The molecule has 0 saturated carbocycles. The van der Waals surface area contributed by atoms with Gasteiger partial charge < -0.3 is 4.74 Å². The molecular weight excluding hydrogens is 417 g/mol. The van der Waals surface area contributed by atoms with Crippen molar-refractivity contribution in [1.82, 2.24) is 14.8 Å². The van der Waals surface area contributed by atoms with Gasteiger partial charge in [-0.1, -0.05) is 0 Å². The summed E-state index contributed by atoms with van der Waals surface area (Å²) in [6.07, 6.45) is 0.807. The van der Waals surface area contributed by atoms with Crippen molar-refractivity contribution in [2.45, 2.75) is 19.6 Å². The number of aromatic nitrogens is 3. The van der Waals surface area contributed by atoms with E-state index in [1.54, 1.807) is 18.4 Å². The average molecular weight is 432 g/mol. The highest BCUT2D eigenvalue weighted by molar-refractivity contribution is 7.09. The van der Waals surface area contributed by atoms with Crippen LogP contribution in [0.5, 0.6) is 0 Å². The van der Waals surface area contributed by atoms with E-state index in [4.69, 9.17) is 10.00 Å². The van der Waals surface area contributed by atoms with Crippen molar-refractivity contribution < 1.29 is 22.7 Å². The van der Waals surface area contributed by atoms with Gasteiger partial charge in [0.1, 0.15) is 5.01 Å². The van der Waals surface area contributed by atoms with Crippen molar-refractivity contribution in [3.8, 4) is 17.3 Å². The number of benzene rings is 1. The van der Waals surface area contributed by atoms with E-state index in [0.717, 1.165) is 18.2 Å². The van der Waals surface area contributed by atoms with E-state index in [2.05, 4.69) is 10.1 Å². The Bertz CT molecular complexity index is 1130. The molecule has 3 rings (SSSR count). The summed E-state index contributed by atoms with van der Waals surface area (Å²) in [6.45, 7) is 2.21. The van der Waals surface area contributed by atoms with Crippen LogP contribution in [-0.4, -0.2) is 27.3 Å². The third kappa shape index (κ3) is 5.12. The Morgan fingerprint density at radius 1 is 1.37 bits per heavy atom. The zero-order valence-electron chi connectivity index (χ0n) is 15.7. The second kappa shape index (κ2) is 8.92. The minimum absolute atomic E-state index is 0.252. The molecule has 154 valence electrons. The number of ether oxygens (including phenoxy) is 1. The van der Waals surface area contributed by atoms with Gasteiger partial charge in [-0.3, -0.25) is 4.68 Å². The van der Waals surface area contributed by atoms with Gasteiger partial charge in [0.2, 0.25) is 0 Å². The lowest BCUT2D eigenvalue weighted by Gasteiger charge is -2.09. The summed E-state index contributed by atoms with van der Waals surface area (Å²) in [7, 11) is 0. The van der Waals surface area contributed by atoms with Crippen LogP contribution in [0.2, 0.25) is 0 Å². The fourth-order valence-electron chi connectivity index (χ4n) is 2.62. The fraction of sp³-hybridized carbons (Fsp3) is 0.200. The molecule has 6 nitrogen and oxygen atoms in total. The smallest absolute Gasteiger partial charge is 0.416 e. The average Bonchev–Trinajstić information content (AvgIpc) is 3.36. The molecule has 0 aliphatic rings. The standard InChI is InChI=1S/C20H15F3N4O2S/c1-2-29-19(28)15-9-25-27(10-15)11-18-26-17(12-30-18)14-6-13(4-3-5-24)7-16(8-14)20(21,22)23/h3-4,6-10,12H,2,11H2,1H3/b4-3+. The lowest BCUT2D eigenvalue weighted by atomic mass is 10.0. The molecular formula is C20H15F3N4O2S. The van der Waals surface area contributed by atoms with Gasteiger partial charge in [0.15, 0.2) is 0 Å². The van der Waals surface area contributed by atoms with Crippen LogP contribution >= 0.6 is 11.3 Å². The molecule has 0 aliphatic carbocycles. The van der Waals surface area contributed by atoms with Gasteiger partial charge in [0.25, 0.3) is 0 Å². The number of alkyl halides is 3. The van der Waals surface area contributed by atoms with Gasteiger partial charge in [-0.05, 0) is 36.8 Å². The Morgan fingerprint density at radius 3 is 2.87 bits per heavy atom. The van der Waals surface area contributed by atoms with Crippen molar-refractivity contribution in [1.29, 1.82) is 5.26 Å². The number of allylic oxidation sites excluding steroid dienone is 1. The normalized spacial score (nSPS) is 11.6. The molecule has 0 aliphatic heterocycles. The monoisotopic (exact) mass is 432 g/mol. The lowest BCUT2D eigenvalue weighted by molar-refractivity contribution is -0.137. The first-order valence-electron chi connectivity index (χ1n) is 8.73. The number of carbonyl (C=O) groups excluding carboxylic acids is 1. The van der Waals surface area contributed by atoms with E-state index in [1.807, 2.05) is 0 Å². The number of halogens is 3. The van der Waals surface area contributed by atoms with Crippen LogP contribution in [0.15, 0.2) is 42.0 Å². The van der Waals surface area contributed by atoms with E-state index in [0.29, 0.717) is 16.3 Å². The Hall–Kier alpha value is -3.45. The second-order valence-electron chi connectivity index (χ2n) is 6.08. The summed E-state index contributed by atoms with van der Waals surface area (Å²) in [6, 6.07) is 5.30. The second-order valence-corrected chi connectivity index (χ2v) is 7.02. The van der Waals surface area contributed by atoms with Crippen LogP contribution < -0.4 is 0 Å².